The molecule has 1 N–H and O–H groups in total. The number of carbonyl (C=O) groups excluding carboxylic acids is 1. The normalized spacial score (nSPS) is 10.5. The highest BCUT2D eigenvalue weighted by atomic mass is 32.1. The number of nitrogens with one attached hydrogen (secondary N) is 1. The number of hydrogen-bond acceptors (Lipinski definition) is 6. The fourth-order valence-corrected chi connectivity index (χ4v) is 3.06. The number of amides is 1. The first-order valence-electron chi connectivity index (χ1n) is 7.71. The number of aromatic nitrogens is 3. The molecule has 0 saturated carbocycles. The molecule has 2 aromatic heterocycles. The van der Waals surface area contributed by atoms with Crippen LogP contribution in [0.1, 0.15) is 12.6 Å². The molecule has 8 heteroatoms. The Morgan fingerprint density at radius 3 is 2.76 bits per heavy atom. The molecule has 0 saturated heterocycles. The highest BCUT2D eigenvalue weighted by Crippen LogP contribution is 2.27. The minimum atomic E-state index is -0.518. The van der Waals surface area contributed by atoms with Gasteiger partial charge in [-0.15, -0.1) is 11.3 Å². The van der Waals surface area contributed by atoms with Crippen LogP contribution in [0.2, 0.25) is 0 Å². The molecule has 0 unspecified atom stereocenters. The van der Waals surface area contributed by atoms with Gasteiger partial charge in [-0.3, -0.25) is 5.32 Å². The standard InChI is InChI=1S/C17H18N4O3S/c1-4-24-17(22)19-15-9-11(2)20-21(15)16-18-14(10-25-16)12-5-7-13(23-3)8-6-12/h5-10H,4H2,1-3H3,(H,19,22). The molecule has 0 spiro atoms. The van der Waals surface area contributed by atoms with Gasteiger partial charge in [0, 0.05) is 17.0 Å². The third-order valence-corrected chi connectivity index (χ3v) is 4.21. The van der Waals surface area contributed by atoms with Crippen LogP contribution in [0, 0.1) is 6.92 Å². The lowest BCUT2D eigenvalue weighted by Crippen LogP contribution is -2.16. The molecule has 0 atom stereocenters. The second-order valence-electron chi connectivity index (χ2n) is 5.17. The minimum absolute atomic E-state index is 0.303. The monoisotopic (exact) mass is 358 g/mol. The van der Waals surface area contributed by atoms with Gasteiger partial charge >= 0.3 is 6.09 Å². The third-order valence-electron chi connectivity index (χ3n) is 3.40. The molecular weight excluding hydrogens is 340 g/mol. The molecule has 7 nitrogen and oxygen atoms in total. The predicted octanol–water partition coefficient (Wildman–Crippen LogP) is 3.88. The molecule has 1 amide bonds. The van der Waals surface area contributed by atoms with Gasteiger partial charge in [0.15, 0.2) is 0 Å². The Bertz CT molecular complexity index is 870. The second-order valence-corrected chi connectivity index (χ2v) is 6.01. The van der Waals surface area contributed by atoms with Gasteiger partial charge in [-0.1, -0.05) is 0 Å². The summed E-state index contributed by atoms with van der Waals surface area (Å²) in [4.78, 5) is 16.3. The van der Waals surface area contributed by atoms with Crippen molar-refractivity contribution >= 4 is 23.2 Å². The number of anilines is 1. The Hall–Kier alpha value is -2.87. The van der Waals surface area contributed by atoms with Crippen LogP contribution >= 0.6 is 11.3 Å². The molecule has 0 aliphatic rings. The van der Waals surface area contributed by atoms with Crippen LogP contribution in [0.15, 0.2) is 35.7 Å². The first kappa shape index (κ1) is 17.0. The maximum absolute atomic E-state index is 11.7. The van der Waals surface area contributed by atoms with Gasteiger partial charge in [-0.25, -0.2) is 9.78 Å². The summed E-state index contributed by atoms with van der Waals surface area (Å²) in [5, 5.41) is 9.69. The van der Waals surface area contributed by atoms with E-state index in [4.69, 9.17) is 9.47 Å². The Balaban J connectivity index is 1.87. The number of methoxy groups -OCH3 is 1. The van der Waals surface area contributed by atoms with E-state index >= 15 is 0 Å². The molecule has 0 fully saturated rings. The van der Waals surface area contributed by atoms with Crippen LogP contribution < -0.4 is 10.1 Å². The Kier molecular flexibility index (Phi) is 4.99. The lowest BCUT2D eigenvalue weighted by atomic mass is 10.2. The summed E-state index contributed by atoms with van der Waals surface area (Å²) >= 11 is 1.44. The van der Waals surface area contributed by atoms with Crippen molar-refractivity contribution in [3.05, 3.63) is 41.4 Å². The zero-order chi connectivity index (χ0) is 17.8. The van der Waals surface area contributed by atoms with Crippen molar-refractivity contribution in [3.8, 4) is 22.1 Å². The number of thiazole rings is 1. The number of rotatable bonds is 5. The van der Waals surface area contributed by atoms with Crippen molar-refractivity contribution in [2.75, 3.05) is 19.0 Å². The average Bonchev–Trinajstić information content (AvgIpc) is 3.22. The van der Waals surface area contributed by atoms with Gasteiger partial charge in [-0.2, -0.15) is 9.78 Å². The lowest BCUT2D eigenvalue weighted by molar-refractivity contribution is 0.167. The van der Waals surface area contributed by atoms with E-state index in [9.17, 15) is 4.79 Å². The number of carbonyl (C=O) groups is 1. The topological polar surface area (TPSA) is 78.3 Å². The molecule has 25 heavy (non-hydrogen) atoms. The van der Waals surface area contributed by atoms with E-state index in [1.807, 2.05) is 36.6 Å². The lowest BCUT2D eigenvalue weighted by Gasteiger charge is -2.06. The summed E-state index contributed by atoms with van der Waals surface area (Å²) in [6.07, 6.45) is -0.518. The summed E-state index contributed by atoms with van der Waals surface area (Å²) in [5.74, 6) is 1.31. The van der Waals surface area contributed by atoms with Crippen molar-refractivity contribution < 1.29 is 14.3 Å². The summed E-state index contributed by atoms with van der Waals surface area (Å²) in [6.45, 7) is 3.91. The van der Waals surface area contributed by atoms with E-state index in [1.54, 1.807) is 24.8 Å². The summed E-state index contributed by atoms with van der Waals surface area (Å²) in [7, 11) is 1.63. The second kappa shape index (κ2) is 7.35. The largest absolute Gasteiger partial charge is 0.497 e. The molecule has 0 aliphatic carbocycles. The zero-order valence-corrected chi connectivity index (χ0v) is 15.0. The number of ether oxygens (including phenoxy) is 2. The van der Waals surface area contributed by atoms with Gasteiger partial charge < -0.3 is 9.47 Å². The molecule has 0 radical (unpaired) electrons. The fraction of sp³-hybridized carbons (Fsp3) is 0.235. The summed E-state index contributed by atoms with van der Waals surface area (Å²) in [6, 6.07) is 9.44. The van der Waals surface area contributed by atoms with E-state index in [2.05, 4.69) is 15.4 Å². The predicted molar refractivity (Wildman–Crippen MR) is 96.6 cm³/mol. The van der Waals surface area contributed by atoms with Crippen LogP contribution in [0.3, 0.4) is 0 Å². The summed E-state index contributed by atoms with van der Waals surface area (Å²) < 4.78 is 11.7. The Morgan fingerprint density at radius 1 is 1.32 bits per heavy atom. The van der Waals surface area contributed by atoms with Gasteiger partial charge in [0.05, 0.1) is 25.1 Å². The van der Waals surface area contributed by atoms with Crippen molar-refractivity contribution in [2.24, 2.45) is 0 Å². The van der Waals surface area contributed by atoms with Gasteiger partial charge in [0.25, 0.3) is 0 Å². The number of nitrogens with zero attached hydrogens (tertiary/aromatic N) is 3. The molecule has 3 rings (SSSR count). The number of hydrogen-bond donors (Lipinski definition) is 1. The van der Waals surface area contributed by atoms with Crippen molar-refractivity contribution in [3.63, 3.8) is 0 Å². The van der Waals surface area contributed by atoms with Gasteiger partial charge in [-0.05, 0) is 38.1 Å². The number of aryl methyl sites for hydroxylation is 1. The molecular formula is C17H18N4O3S. The number of benzene rings is 1. The first-order valence-corrected chi connectivity index (χ1v) is 8.59. The van der Waals surface area contributed by atoms with Gasteiger partial charge in [0.2, 0.25) is 5.13 Å². The smallest absolute Gasteiger partial charge is 0.412 e. The third kappa shape index (κ3) is 3.80. The van der Waals surface area contributed by atoms with Crippen LogP contribution in [0.5, 0.6) is 5.75 Å². The van der Waals surface area contributed by atoms with E-state index in [0.29, 0.717) is 17.6 Å². The molecule has 130 valence electrons. The average molecular weight is 358 g/mol. The molecule has 0 bridgehead atoms. The molecule has 2 heterocycles. The minimum Gasteiger partial charge on any atom is -0.497 e. The van der Waals surface area contributed by atoms with Crippen molar-refractivity contribution in [1.29, 1.82) is 0 Å². The molecule has 0 aliphatic heterocycles. The van der Waals surface area contributed by atoms with Crippen LogP contribution in [-0.2, 0) is 4.74 Å². The van der Waals surface area contributed by atoms with Crippen LogP contribution in [0.4, 0.5) is 10.6 Å². The van der Waals surface area contributed by atoms with E-state index in [-0.39, 0.29) is 0 Å². The van der Waals surface area contributed by atoms with E-state index in [1.165, 1.54) is 11.3 Å². The van der Waals surface area contributed by atoms with E-state index in [0.717, 1.165) is 22.7 Å². The van der Waals surface area contributed by atoms with Gasteiger partial charge in [0.1, 0.15) is 11.6 Å². The molecule has 1 aromatic carbocycles. The van der Waals surface area contributed by atoms with Crippen LogP contribution in [0.25, 0.3) is 16.4 Å². The van der Waals surface area contributed by atoms with E-state index < -0.39 is 6.09 Å². The highest BCUT2D eigenvalue weighted by molar-refractivity contribution is 7.12. The summed E-state index contributed by atoms with van der Waals surface area (Å²) in [5.41, 5.74) is 2.58. The first-order chi connectivity index (χ1) is 12.1. The zero-order valence-electron chi connectivity index (χ0n) is 14.1. The fourth-order valence-electron chi connectivity index (χ4n) is 2.26. The van der Waals surface area contributed by atoms with Crippen LogP contribution in [-0.4, -0.2) is 34.6 Å². The van der Waals surface area contributed by atoms with Crippen molar-refractivity contribution in [2.45, 2.75) is 13.8 Å². The maximum atomic E-state index is 11.7. The Morgan fingerprint density at radius 2 is 2.08 bits per heavy atom. The molecule has 3 aromatic rings. The van der Waals surface area contributed by atoms with Crippen molar-refractivity contribution in [1.82, 2.24) is 14.8 Å². The highest BCUT2D eigenvalue weighted by Gasteiger charge is 2.14. The Labute approximate surface area is 149 Å². The SMILES string of the molecule is CCOC(=O)Nc1cc(C)nn1-c1nc(-c2ccc(OC)cc2)cs1. The maximum Gasteiger partial charge on any atom is 0.412 e. The quantitative estimate of drug-likeness (QED) is 0.749.